The molecule has 1 aromatic heterocycles. The number of aryl methyl sites for hydroxylation is 1. The number of morpholine rings is 1. The highest BCUT2D eigenvalue weighted by atomic mass is 16.5. The number of benzene rings is 2. The first-order chi connectivity index (χ1) is 13.5. The lowest BCUT2D eigenvalue weighted by molar-refractivity contribution is -0.0704. The molecule has 0 saturated carbocycles. The number of amides is 1. The Labute approximate surface area is 164 Å². The number of rotatable bonds is 4. The van der Waals surface area contributed by atoms with E-state index in [0.717, 1.165) is 25.2 Å². The molecule has 6 heteroatoms. The SMILES string of the molecule is Cc1nc2cc(NC(=O)c3ccc(CN4C[C@@H](C)O[C@@H](C)C4)cc3)ccc2o1. The van der Waals surface area contributed by atoms with Crippen molar-refractivity contribution in [2.24, 2.45) is 0 Å². The van der Waals surface area contributed by atoms with Gasteiger partial charge in [-0.15, -0.1) is 0 Å². The van der Waals surface area contributed by atoms with Crippen LogP contribution in [0.3, 0.4) is 0 Å². The normalized spacial score (nSPS) is 20.4. The highest BCUT2D eigenvalue weighted by Crippen LogP contribution is 2.20. The Morgan fingerprint density at radius 2 is 1.86 bits per heavy atom. The molecule has 3 aromatic rings. The van der Waals surface area contributed by atoms with E-state index in [-0.39, 0.29) is 18.1 Å². The van der Waals surface area contributed by atoms with Gasteiger partial charge in [0.05, 0.1) is 12.2 Å². The molecule has 1 fully saturated rings. The minimum absolute atomic E-state index is 0.139. The maximum absolute atomic E-state index is 12.6. The number of carbonyl (C=O) groups is 1. The summed E-state index contributed by atoms with van der Waals surface area (Å²) in [6.07, 6.45) is 0.499. The van der Waals surface area contributed by atoms with Crippen LogP contribution in [0.5, 0.6) is 0 Å². The molecule has 2 heterocycles. The lowest BCUT2D eigenvalue weighted by atomic mass is 10.1. The fraction of sp³-hybridized carbons (Fsp3) is 0.364. The molecule has 1 aliphatic rings. The number of nitrogens with one attached hydrogen (secondary N) is 1. The molecule has 1 N–H and O–H groups in total. The summed E-state index contributed by atoms with van der Waals surface area (Å²) in [4.78, 5) is 19.3. The highest BCUT2D eigenvalue weighted by Gasteiger charge is 2.22. The van der Waals surface area contributed by atoms with Crippen LogP contribution in [0.25, 0.3) is 11.1 Å². The van der Waals surface area contributed by atoms with Crippen molar-refractivity contribution in [3.63, 3.8) is 0 Å². The quantitative estimate of drug-likeness (QED) is 0.742. The lowest BCUT2D eigenvalue weighted by Gasteiger charge is -2.35. The third-order valence-electron chi connectivity index (χ3n) is 4.87. The van der Waals surface area contributed by atoms with E-state index < -0.39 is 0 Å². The van der Waals surface area contributed by atoms with Crippen LogP contribution in [0.1, 0.15) is 35.7 Å². The van der Waals surface area contributed by atoms with Crippen molar-refractivity contribution in [3.8, 4) is 0 Å². The molecule has 28 heavy (non-hydrogen) atoms. The number of hydrogen-bond donors (Lipinski definition) is 1. The van der Waals surface area contributed by atoms with Gasteiger partial charge >= 0.3 is 0 Å². The fourth-order valence-corrected chi connectivity index (χ4v) is 3.76. The number of nitrogens with zero attached hydrogens (tertiary/aromatic N) is 2. The van der Waals surface area contributed by atoms with Crippen molar-refractivity contribution in [2.45, 2.75) is 39.5 Å². The summed E-state index contributed by atoms with van der Waals surface area (Å²) in [7, 11) is 0. The number of oxazole rings is 1. The van der Waals surface area contributed by atoms with Crippen molar-refractivity contribution in [2.75, 3.05) is 18.4 Å². The second kappa shape index (κ2) is 7.73. The number of fused-ring (bicyclic) bond motifs is 1. The van der Waals surface area contributed by atoms with Gasteiger partial charge in [0, 0.05) is 37.8 Å². The van der Waals surface area contributed by atoms with E-state index in [9.17, 15) is 4.79 Å². The molecule has 6 nitrogen and oxygen atoms in total. The van der Waals surface area contributed by atoms with E-state index in [4.69, 9.17) is 9.15 Å². The van der Waals surface area contributed by atoms with E-state index in [2.05, 4.69) is 29.0 Å². The largest absolute Gasteiger partial charge is 0.441 e. The van der Waals surface area contributed by atoms with Crippen LogP contribution in [0.15, 0.2) is 46.9 Å². The minimum Gasteiger partial charge on any atom is -0.441 e. The summed E-state index contributed by atoms with van der Waals surface area (Å²) in [6, 6.07) is 13.2. The Hall–Kier alpha value is -2.70. The van der Waals surface area contributed by atoms with Crippen molar-refractivity contribution < 1.29 is 13.9 Å². The van der Waals surface area contributed by atoms with Gasteiger partial charge in [-0.25, -0.2) is 4.98 Å². The zero-order chi connectivity index (χ0) is 19.7. The Morgan fingerprint density at radius 3 is 2.57 bits per heavy atom. The first kappa shape index (κ1) is 18.7. The van der Waals surface area contributed by atoms with Crippen molar-refractivity contribution in [1.29, 1.82) is 0 Å². The summed E-state index contributed by atoms with van der Waals surface area (Å²) in [5.41, 5.74) is 3.97. The Balaban J connectivity index is 1.40. The van der Waals surface area contributed by atoms with Crippen LogP contribution >= 0.6 is 0 Å². The summed E-state index contributed by atoms with van der Waals surface area (Å²) in [5, 5.41) is 2.92. The molecule has 4 rings (SSSR count). The molecule has 0 radical (unpaired) electrons. The van der Waals surface area contributed by atoms with Crippen LogP contribution in [0.2, 0.25) is 0 Å². The number of ether oxygens (including phenoxy) is 1. The summed E-state index contributed by atoms with van der Waals surface area (Å²) >= 11 is 0. The Morgan fingerprint density at radius 1 is 1.14 bits per heavy atom. The average Bonchev–Trinajstić information content (AvgIpc) is 3.00. The molecule has 1 saturated heterocycles. The molecular formula is C22H25N3O3. The lowest BCUT2D eigenvalue weighted by Crippen LogP contribution is -2.44. The number of anilines is 1. The van der Waals surface area contributed by atoms with Crippen molar-refractivity contribution in [1.82, 2.24) is 9.88 Å². The monoisotopic (exact) mass is 379 g/mol. The van der Waals surface area contributed by atoms with E-state index in [1.807, 2.05) is 42.5 Å². The van der Waals surface area contributed by atoms with Gasteiger partial charge in [0.1, 0.15) is 5.52 Å². The van der Waals surface area contributed by atoms with Gasteiger partial charge in [-0.05, 0) is 49.7 Å². The summed E-state index contributed by atoms with van der Waals surface area (Å²) in [6.45, 7) is 8.73. The van der Waals surface area contributed by atoms with E-state index in [1.54, 1.807) is 6.92 Å². The first-order valence-corrected chi connectivity index (χ1v) is 9.61. The molecule has 0 unspecified atom stereocenters. The number of hydrogen-bond acceptors (Lipinski definition) is 5. The van der Waals surface area contributed by atoms with Crippen LogP contribution in [-0.4, -0.2) is 41.1 Å². The van der Waals surface area contributed by atoms with E-state index in [0.29, 0.717) is 22.7 Å². The summed E-state index contributed by atoms with van der Waals surface area (Å²) < 4.78 is 11.2. The summed E-state index contributed by atoms with van der Waals surface area (Å²) in [5.74, 6) is 0.470. The van der Waals surface area contributed by atoms with Crippen LogP contribution in [0, 0.1) is 6.92 Å². The minimum atomic E-state index is -0.139. The zero-order valence-corrected chi connectivity index (χ0v) is 16.4. The number of carbonyl (C=O) groups excluding carboxylic acids is 1. The van der Waals surface area contributed by atoms with Crippen LogP contribution in [-0.2, 0) is 11.3 Å². The van der Waals surface area contributed by atoms with Crippen molar-refractivity contribution >= 4 is 22.7 Å². The second-order valence-electron chi connectivity index (χ2n) is 7.52. The predicted molar refractivity (Wildman–Crippen MR) is 108 cm³/mol. The first-order valence-electron chi connectivity index (χ1n) is 9.61. The van der Waals surface area contributed by atoms with Gasteiger partial charge in [0.2, 0.25) is 0 Å². The van der Waals surface area contributed by atoms with Gasteiger partial charge in [-0.2, -0.15) is 0 Å². The Kier molecular flexibility index (Phi) is 5.15. The van der Waals surface area contributed by atoms with E-state index in [1.165, 1.54) is 5.56 Å². The second-order valence-corrected chi connectivity index (χ2v) is 7.52. The topological polar surface area (TPSA) is 67.6 Å². The Bertz CT molecular complexity index is 970. The van der Waals surface area contributed by atoms with Gasteiger partial charge in [-0.1, -0.05) is 12.1 Å². The van der Waals surface area contributed by atoms with Gasteiger partial charge in [-0.3, -0.25) is 9.69 Å². The third kappa shape index (κ3) is 4.24. The zero-order valence-electron chi connectivity index (χ0n) is 16.4. The molecule has 146 valence electrons. The predicted octanol–water partition coefficient (Wildman–Crippen LogP) is 4.00. The van der Waals surface area contributed by atoms with Crippen LogP contribution < -0.4 is 5.32 Å². The van der Waals surface area contributed by atoms with E-state index >= 15 is 0 Å². The molecular weight excluding hydrogens is 354 g/mol. The molecule has 0 spiro atoms. The van der Waals surface area contributed by atoms with Gasteiger partial charge in [0.25, 0.3) is 5.91 Å². The van der Waals surface area contributed by atoms with Crippen LogP contribution in [0.4, 0.5) is 5.69 Å². The maximum Gasteiger partial charge on any atom is 0.255 e. The molecule has 0 bridgehead atoms. The standard InChI is InChI=1S/C22H25N3O3/c1-14-11-25(12-15(2)27-14)13-17-4-6-18(7-5-17)22(26)24-19-8-9-21-20(10-19)23-16(3)28-21/h4-10,14-15H,11-13H2,1-3H3,(H,24,26)/t14-,15+. The molecule has 2 aromatic carbocycles. The highest BCUT2D eigenvalue weighted by molar-refractivity contribution is 6.04. The third-order valence-corrected chi connectivity index (χ3v) is 4.87. The smallest absolute Gasteiger partial charge is 0.255 e. The molecule has 1 aliphatic heterocycles. The van der Waals surface area contributed by atoms with Gasteiger partial charge in [0.15, 0.2) is 11.5 Å². The fourth-order valence-electron chi connectivity index (χ4n) is 3.76. The molecule has 2 atom stereocenters. The molecule has 1 amide bonds. The average molecular weight is 379 g/mol. The van der Waals surface area contributed by atoms with Gasteiger partial charge < -0.3 is 14.5 Å². The van der Waals surface area contributed by atoms with Crippen molar-refractivity contribution in [3.05, 3.63) is 59.5 Å². The number of aromatic nitrogens is 1. The molecule has 0 aliphatic carbocycles. The maximum atomic E-state index is 12.6.